The Kier molecular flexibility index (Phi) is 7.58. The number of hydrogen-bond donors (Lipinski definition) is 0. The molecule has 0 unspecified atom stereocenters. The van der Waals surface area contributed by atoms with Gasteiger partial charge in [0.05, 0.1) is 5.69 Å². The fourth-order valence-electron chi connectivity index (χ4n) is 2.75. The summed E-state index contributed by atoms with van der Waals surface area (Å²) in [5, 5.41) is 3.75. The first-order chi connectivity index (χ1) is 16.6. The molecule has 0 fully saturated rings. The van der Waals surface area contributed by atoms with Crippen LogP contribution < -0.4 is 9.47 Å². The average molecular weight is 461 g/mol. The van der Waals surface area contributed by atoms with Gasteiger partial charge in [-0.15, -0.1) is 0 Å². The van der Waals surface area contributed by atoms with E-state index in [2.05, 4.69) is 15.1 Å². The molecule has 9 heteroatoms. The number of carbonyl (C=O) groups is 1. The lowest BCUT2D eigenvalue weighted by molar-refractivity contribution is -0.139. The number of ether oxygens (including phenoxy) is 3. The predicted octanol–water partition coefficient (Wildman–Crippen LogP) is 4.52. The van der Waals surface area contributed by atoms with Crippen LogP contribution in [0.25, 0.3) is 6.08 Å². The molecule has 0 aliphatic heterocycles. The number of nitrogens with zero attached hydrogens (tertiary/aromatic N) is 3. The average Bonchev–Trinajstić information content (AvgIpc) is 3.34. The third-order valence-electron chi connectivity index (χ3n) is 4.43. The zero-order valence-electron chi connectivity index (χ0n) is 18.0. The summed E-state index contributed by atoms with van der Waals surface area (Å²) in [6, 6.07) is 18.5. The predicted molar refractivity (Wildman–Crippen MR) is 119 cm³/mol. The SMILES string of the molecule is O=C(C=Cc1ccc(OCc2ccccn2)cc1)OCc1nc(COc2ccc(F)cc2)no1. The third kappa shape index (κ3) is 6.99. The fraction of sp³-hybridized carbons (Fsp3) is 0.120. The van der Waals surface area contributed by atoms with Gasteiger partial charge in [-0.3, -0.25) is 4.98 Å². The first kappa shape index (κ1) is 22.7. The van der Waals surface area contributed by atoms with E-state index >= 15 is 0 Å². The van der Waals surface area contributed by atoms with Gasteiger partial charge < -0.3 is 18.7 Å². The lowest BCUT2D eigenvalue weighted by Crippen LogP contribution is -2.02. The highest BCUT2D eigenvalue weighted by molar-refractivity contribution is 5.87. The Morgan fingerprint density at radius 3 is 2.38 bits per heavy atom. The van der Waals surface area contributed by atoms with Crippen LogP contribution in [0.15, 0.2) is 83.5 Å². The maximum atomic E-state index is 12.9. The summed E-state index contributed by atoms with van der Waals surface area (Å²) < 4.78 is 34.2. The highest BCUT2D eigenvalue weighted by Crippen LogP contribution is 2.15. The monoisotopic (exact) mass is 461 g/mol. The molecule has 2 aromatic carbocycles. The van der Waals surface area contributed by atoms with E-state index in [9.17, 15) is 9.18 Å². The van der Waals surface area contributed by atoms with Crippen molar-refractivity contribution in [3.63, 3.8) is 0 Å². The molecule has 0 aliphatic rings. The van der Waals surface area contributed by atoms with Gasteiger partial charge in [-0.05, 0) is 60.2 Å². The molecule has 0 bridgehead atoms. The maximum Gasteiger partial charge on any atom is 0.331 e. The van der Waals surface area contributed by atoms with Crippen LogP contribution in [-0.4, -0.2) is 21.1 Å². The van der Waals surface area contributed by atoms with Crippen LogP contribution >= 0.6 is 0 Å². The minimum atomic E-state index is -0.558. The van der Waals surface area contributed by atoms with Gasteiger partial charge in [0.1, 0.15) is 23.9 Å². The van der Waals surface area contributed by atoms with E-state index in [-0.39, 0.29) is 30.7 Å². The van der Waals surface area contributed by atoms with Gasteiger partial charge in [0.2, 0.25) is 5.82 Å². The van der Waals surface area contributed by atoms with Crippen molar-refractivity contribution < 1.29 is 27.9 Å². The van der Waals surface area contributed by atoms with Crippen molar-refractivity contribution in [2.75, 3.05) is 0 Å². The number of aromatic nitrogens is 3. The molecule has 0 atom stereocenters. The Labute approximate surface area is 194 Å². The van der Waals surface area contributed by atoms with Gasteiger partial charge in [-0.1, -0.05) is 23.4 Å². The summed E-state index contributed by atoms with van der Waals surface area (Å²) in [5.74, 6) is 0.661. The minimum absolute atomic E-state index is 0.0323. The largest absolute Gasteiger partial charge is 0.487 e. The second-order valence-electron chi connectivity index (χ2n) is 6.97. The Balaban J connectivity index is 1.19. The van der Waals surface area contributed by atoms with Crippen LogP contribution in [0.5, 0.6) is 11.5 Å². The summed E-state index contributed by atoms with van der Waals surface area (Å²) in [6.45, 7) is 0.232. The number of esters is 1. The summed E-state index contributed by atoms with van der Waals surface area (Å²) in [4.78, 5) is 20.3. The van der Waals surface area contributed by atoms with Crippen molar-refractivity contribution in [1.82, 2.24) is 15.1 Å². The van der Waals surface area contributed by atoms with E-state index in [1.807, 2.05) is 42.5 Å². The van der Waals surface area contributed by atoms with Crippen LogP contribution in [0.4, 0.5) is 4.39 Å². The molecule has 0 spiro atoms. The first-order valence-electron chi connectivity index (χ1n) is 10.3. The Hall–Kier alpha value is -4.53. The maximum absolute atomic E-state index is 12.9. The second-order valence-corrected chi connectivity index (χ2v) is 6.97. The molecule has 34 heavy (non-hydrogen) atoms. The van der Waals surface area contributed by atoms with E-state index < -0.39 is 5.97 Å². The quantitative estimate of drug-likeness (QED) is 0.251. The Morgan fingerprint density at radius 1 is 0.912 bits per heavy atom. The van der Waals surface area contributed by atoms with Gasteiger partial charge in [0.25, 0.3) is 5.89 Å². The molecule has 2 heterocycles. The van der Waals surface area contributed by atoms with Crippen molar-refractivity contribution >= 4 is 12.0 Å². The Bertz CT molecular complexity index is 1230. The standard InChI is InChI=1S/C25H20FN3O5/c26-19-7-11-22(12-8-19)32-16-23-28-24(34-29-23)17-33-25(30)13-6-18-4-9-21(10-5-18)31-15-20-3-1-2-14-27-20/h1-14H,15-17H2. The van der Waals surface area contributed by atoms with Gasteiger partial charge in [-0.2, -0.15) is 4.98 Å². The van der Waals surface area contributed by atoms with Crippen molar-refractivity contribution in [2.45, 2.75) is 19.8 Å². The number of pyridine rings is 1. The third-order valence-corrected chi connectivity index (χ3v) is 4.43. The molecule has 0 aliphatic carbocycles. The number of hydrogen-bond acceptors (Lipinski definition) is 8. The smallest absolute Gasteiger partial charge is 0.331 e. The second kappa shape index (κ2) is 11.4. The van der Waals surface area contributed by atoms with Crippen molar-refractivity contribution in [3.05, 3.63) is 108 Å². The van der Waals surface area contributed by atoms with Crippen LogP contribution in [0.3, 0.4) is 0 Å². The molecule has 0 amide bonds. The van der Waals surface area contributed by atoms with Crippen LogP contribution in [0, 0.1) is 5.82 Å². The van der Waals surface area contributed by atoms with E-state index in [0.29, 0.717) is 18.1 Å². The van der Waals surface area contributed by atoms with Gasteiger partial charge in [-0.25, -0.2) is 9.18 Å². The van der Waals surface area contributed by atoms with Crippen molar-refractivity contribution in [3.8, 4) is 11.5 Å². The lowest BCUT2D eigenvalue weighted by atomic mass is 10.2. The fourth-order valence-corrected chi connectivity index (χ4v) is 2.75. The van der Waals surface area contributed by atoms with Crippen LogP contribution in [-0.2, 0) is 29.4 Å². The van der Waals surface area contributed by atoms with Crippen LogP contribution in [0.2, 0.25) is 0 Å². The molecular weight excluding hydrogens is 441 g/mol. The lowest BCUT2D eigenvalue weighted by Gasteiger charge is -2.05. The summed E-state index contributed by atoms with van der Waals surface area (Å²) in [6.07, 6.45) is 4.65. The van der Waals surface area contributed by atoms with E-state index in [1.54, 1.807) is 12.3 Å². The van der Waals surface area contributed by atoms with Gasteiger partial charge in [0.15, 0.2) is 13.2 Å². The summed E-state index contributed by atoms with van der Waals surface area (Å²) >= 11 is 0. The molecular formula is C25H20FN3O5. The topological polar surface area (TPSA) is 96.6 Å². The molecule has 8 nitrogen and oxygen atoms in total. The van der Waals surface area contributed by atoms with Crippen molar-refractivity contribution in [1.29, 1.82) is 0 Å². The minimum Gasteiger partial charge on any atom is -0.487 e. The highest BCUT2D eigenvalue weighted by atomic mass is 19.1. The highest BCUT2D eigenvalue weighted by Gasteiger charge is 2.09. The molecule has 172 valence electrons. The summed E-state index contributed by atoms with van der Waals surface area (Å²) in [7, 11) is 0. The molecule has 4 aromatic rings. The normalized spacial score (nSPS) is 10.9. The molecule has 2 aromatic heterocycles. The van der Waals surface area contributed by atoms with E-state index in [1.165, 1.54) is 30.3 Å². The van der Waals surface area contributed by atoms with E-state index in [0.717, 1.165) is 11.3 Å². The number of carbonyl (C=O) groups excluding carboxylic acids is 1. The zero-order valence-corrected chi connectivity index (χ0v) is 18.0. The number of rotatable bonds is 10. The van der Waals surface area contributed by atoms with Gasteiger partial charge in [0, 0.05) is 12.3 Å². The van der Waals surface area contributed by atoms with Gasteiger partial charge >= 0.3 is 5.97 Å². The molecule has 0 saturated carbocycles. The molecule has 0 N–H and O–H groups in total. The molecule has 0 radical (unpaired) electrons. The summed E-state index contributed by atoms with van der Waals surface area (Å²) in [5.41, 5.74) is 1.64. The van der Waals surface area contributed by atoms with Crippen LogP contribution in [0.1, 0.15) is 23.0 Å². The number of halogens is 1. The number of benzene rings is 2. The van der Waals surface area contributed by atoms with Crippen molar-refractivity contribution in [2.24, 2.45) is 0 Å². The zero-order chi connectivity index (χ0) is 23.6. The molecule has 0 saturated heterocycles. The Morgan fingerprint density at radius 2 is 1.65 bits per heavy atom. The molecule has 4 rings (SSSR count). The first-order valence-corrected chi connectivity index (χ1v) is 10.3. The van der Waals surface area contributed by atoms with E-state index in [4.69, 9.17) is 18.7 Å².